The van der Waals surface area contributed by atoms with Gasteiger partial charge in [-0.3, -0.25) is 10.1 Å². The molecule has 0 spiro atoms. The van der Waals surface area contributed by atoms with Gasteiger partial charge in [0, 0.05) is 11.8 Å². The molecule has 10 heteroatoms. The van der Waals surface area contributed by atoms with E-state index in [-0.39, 0.29) is 10.5 Å². The summed E-state index contributed by atoms with van der Waals surface area (Å²) in [6, 6.07) is 8.21. The molecular formula is C14H13N7O2S. The van der Waals surface area contributed by atoms with Crippen molar-refractivity contribution in [2.24, 2.45) is 5.10 Å². The van der Waals surface area contributed by atoms with Crippen LogP contribution in [0.4, 0.5) is 5.69 Å². The molecule has 0 fully saturated rings. The summed E-state index contributed by atoms with van der Waals surface area (Å²) in [6.07, 6.45) is 1.37. The lowest BCUT2D eigenvalue weighted by atomic mass is 10.2. The highest BCUT2D eigenvalue weighted by Crippen LogP contribution is 2.16. The van der Waals surface area contributed by atoms with E-state index in [1.807, 2.05) is 19.9 Å². The molecule has 9 nitrogen and oxygen atoms in total. The maximum atomic E-state index is 11.1. The number of nitro groups is 1. The molecule has 0 aliphatic rings. The second-order valence-corrected chi connectivity index (χ2v) is 5.43. The Labute approximate surface area is 141 Å². The zero-order valence-electron chi connectivity index (χ0n) is 12.9. The van der Waals surface area contributed by atoms with E-state index >= 15 is 0 Å². The van der Waals surface area contributed by atoms with E-state index in [1.165, 1.54) is 17.0 Å². The van der Waals surface area contributed by atoms with Gasteiger partial charge in [-0.1, -0.05) is 12.1 Å². The molecule has 24 heavy (non-hydrogen) atoms. The van der Waals surface area contributed by atoms with Crippen molar-refractivity contribution in [1.82, 2.24) is 24.7 Å². The van der Waals surface area contributed by atoms with E-state index in [0.717, 1.165) is 11.4 Å². The largest absolute Gasteiger partial charge is 0.278 e. The van der Waals surface area contributed by atoms with Crippen LogP contribution < -0.4 is 0 Å². The predicted octanol–water partition coefficient (Wildman–Crippen LogP) is 2.53. The highest BCUT2D eigenvalue weighted by molar-refractivity contribution is 7.71. The molecule has 1 aromatic carbocycles. The number of hydrogen-bond acceptors (Lipinski definition) is 6. The van der Waals surface area contributed by atoms with E-state index in [1.54, 1.807) is 22.9 Å². The summed E-state index contributed by atoms with van der Waals surface area (Å²) in [5, 5.41) is 26.4. The Morgan fingerprint density at radius 2 is 2.12 bits per heavy atom. The molecule has 0 bridgehead atoms. The summed E-state index contributed by atoms with van der Waals surface area (Å²) in [7, 11) is 0. The van der Waals surface area contributed by atoms with E-state index in [9.17, 15) is 10.1 Å². The molecule has 3 aromatic rings. The summed E-state index contributed by atoms with van der Waals surface area (Å²) in [5.74, 6) is 0.375. The monoisotopic (exact) mass is 343 g/mol. The molecule has 1 N–H and O–H groups in total. The highest BCUT2D eigenvalue weighted by Gasteiger charge is 2.13. The number of hydrogen-bond donors (Lipinski definition) is 1. The molecule has 0 aliphatic carbocycles. The van der Waals surface area contributed by atoms with Crippen molar-refractivity contribution >= 4 is 24.1 Å². The summed E-state index contributed by atoms with van der Waals surface area (Å²) in [5.41, 5.74) is 2.02. The van der Waals surface area contributed by atoms with Gasteiger partial charge < -0.3 is 0 Å². The Hall–Kier alpha value is -3.14. The van der Waals surface area contributed by atoms with Crippen LogP contribution in [-0.4, -0.2) is 35.8 Å². The number of benzene rings is 1. The number of nitro benzene ring substituents is 1. The number of para-hydroxylation sites is 1. The van der Waals surface area contributed by atoms with Crippen LogP contribution >= 0.6 is 12.2 Å². The van der Waals surface area contributed by atoms with Crippen LogP contribution in [0.25, 0.3) is 5.95 Å². The van der Waals surface area contributed by atoms with Gasteiger partial charge in [0.15, 0.2) is 0 Å². The molecule has 0 aliphatic heterocycles. The smallest absolute Gasteiger partial charge is 0.258 e. The first-order chi connectivity index (χ1) is 11.5. The fourth-order valence-corrected chi connectivity index (χ4v) is 2.41. The minimum atomic E-state index is -0.460. The van der Waals surface area contributed by atoms with E-state index < -0.39 is 4.92 Å². The van der Waals surface area contributed by atoms with Crippen LogP contribution in [0.2, 0.25) is 0 Å². The number of aromatic nitrogens is 5. The van der Waals surface area contributed by atoms with Gasteiger partial charge in [-0.05, 0) is 38.2 Å². The van der Waals surface area contributed by atoms with Crippen LogP contribution in [0.5, 0.6) is 0 Å². The average molecular weight is 343 g/mol. The zero-order chi connectivity index (χ0) is 17.3. The minimum Gasteiger partial charge on any atom is -0.258 e. The normalized spacial score (nSPS) is 11.2. The van der Waals surface area contributed by atoms with Crippen LogP contribution in [0, 0.1) is 28.7 Å². The van der Waals surface area contributed by atoms with Gasteiger partial charge >= 0.3 is 0 Å². The number of H-pyrrole nitrogens is 1. The first-order valence-electron chi connectivity index (χ1n) is 6.96. The molecule has 2 aromatic heterocycles. The molecule has 3 rings (SSSR count). The third-order valence-corrected chi connectivity index (χ3v) is 3.54. The van der Waals surface area contributed by atoms with Crippen molar-refractivity contribution in [2.75, 3.05) is 0 Å². The fraction of sp³-hybridized carbons (Fsp3) is 0.143. The van der Waals surface area contributed by atoms with Crippen molar-refractivity contribution in [1.29, 1.82) is 0 Å². The Bertz CT molecular complexity index is 999. The Morgan fingerprint density at radius 1 is 1.38 bits per heavy atom. The predicted molar refractivity (Wildman–Crippen MR) is 90.1 cm³/mol. The summed E-state index contributed by atoms with van der Waals surface area (Å²) in [4.78, 5) is 10.6. The maximum Gasteiger partial charge on any atom is 0.278 e. The number of nitrogens with zero attached hydrogens (tertiary/aromatic N) is 6. The van der Waals surface area contributed by atoms with Crippen molar-refractivity contribution in [3.63, 3.8) is 0 Å². The van der Waals surface area contributed by atoms with Crippen LogP contribution in [0.3, 0.4) is 0 Å². The minimum absolute atomic E-state index is 0.0380. The Balaban J connectivity index is 2.06. The second-order valence-electron chi connectivity index (χ2n) is 5.04. The number of rotatable bonds is 4. The van der Waals surface area contributed by atoms with Crippen molar-refractivity contribution in [3.8, 4) is 5.95 Å². The summed E-state index contributed by atoms with van der Waals surface area (Å²) < 4.78 is 3.22. The lowest BCUT2D eigenvalue weighted by molar-refractivity contribution is -0.385. The molecule has 0 radical (unpaired) electrons. The summed E-state index contributed by atoms with van der Waals surface area (Å²) in [6.45, 7) is 3.75. The number of aryl methyl sites for hydroxylation is 2. The number of nitrogens with one attached hydrogen (secondary N) is 1. The molecule has 0 saturated carbocycles. The molecule has 122 valence electrons. The van der Waals surface area contributed by atoms with Gasteiger partial charge in [0.2, 0.25) is 4.77 Å². The van der Waals surface area contributed by atoms with Crippen LogP contribution in [0.1, 0.15) is 17.0 Å². The Kier molecular flexibility index (Phi) is 4.04. The first-order valence-corrected chi connectivity index (χ1v) is 7.37. The van der Waals surface area contributed by atoms with E-state index in [2.05, 4.69) is 20.4 Å². The second kappa shape index (κ2) is 6.16. The zero-order valence-corrected chi connectivity index (χ0v) is 13.7. The third-order valence-electron chi connectivity index (χ3n) is 3.28. The fourth-order valence-electron chi connectivity index (χ4n) is 2.24. The molecule has 0 atom stereocenters. The topological polar surface area (TPSA) is 107 Å². The average Bonchev–Trinajstić information content (AvgIpc) is 3.07. The third kappa shape index (κ3) is 2.86. The van der Waals surface area contributed by atoms with Crippen molar-refractivity contribution < 1.29 is 4.92 Å². The van der Waals surface area contributed by atoms with Gasteiger partial charge in [-0.2, -0.15) is 14.9 Å². The van der Waals surface area contributed by atoms with E-state index in [4.69, 9.17) is 12.2 Å². The molecular weight excluding hydrogens is 330 g/mol. The lowest BCUT2D eigenvalue weighted by Crippen LogP contribution is -2.07. The molecule has 2 heterocycles. The van der Waals surface area contributed by atoms with Gasteiger partial charge in [0.05, 0.1) is 22.4 Å². The molecule has 0 saturated heterocycles. The van der Waals surface area contributed by atoms with Gasteiger partial charge in [0.25, 0.3) is 11.6 Å². The van der Waals surface area contributed by atoms with Crippen molar-refractivity contribution in [3.05, 3.63) is 62.2 Å². The Morgan fingerprint density at radius 3 is 2.79 bits per heavy atom. The summed E-state index contributed by atoms with van der Waals surface area (Å²) >= 11 is 5.18. The van der Waals surface area contributed by atoms with E-state index in [0.29, 0.717) is 11.5 Å². The first kappa shape index (κ1) is 15.7. The maximum absolute atomic E-state index is 11.1. The van der Waals surface area contributed by atoms with Gasteiger partial charge in [0.1, 0.15) is 0 Å². The van der Waals surface area contributed by atoms with Crippen LogP contribution in [-0.2, 0) is 0 Å². The van der Waals surface area contributed by atoms with Crippen molar-refractivity contribution in [2.45, 2.75) is 13.8 Å². The standard InChI is InChI=1S/C14H13N7O2S/c1-9-7-10(2)19(18-9)13-16-17-14(24)20(13)15-8-11-5-3-4-6-12(11)21(22)23/h3-8H,1-2H3,(H,17,24)/b15-8-. The SMILES string of the molecule is Cc1cc(C)n(-c2n[nH]c(=S)n2/N=C\c2ccccc2[N+](=O)[O-])n1. The lowest BCUT2D eigenvalue weighted by Gasteiger charge is -2.02. The molecule has 0 unspecified atom stereocenters. The quantitative estimate of drug-likeness (QED) is 0.339. The molecule has 0 amide bonds. The van der Waals surface area contributed by atoms with Gasteiger partial charge in [-0.25, -0.2) is 9.78 Å². The van der Waals surface area contributed by atoms with Gasteiger partial charge in [-0.15, -0.1) is 5.10 Å². The van der Waals surface area contributed by atoms with Crippen LogP contribution in [0.15, 0.2) is 35.4 Å². The number of aromatic amines is 1. The highest BCUT2D eigenvalue weighted by atomic mass is 32.1.